The molecule has 0 bridgehead atoms. The third-order valence-corrected chi connectivity index (χ3v) is 5.82. The number of rotatable bonds is 4. The van der Waals surface area contributed by atoms with Crippen LogP contribution in [0.4, 0.5) is 22.7 Å². The van der Waals surface area contributed by atoms with Crippen LogP contribution in [0.25, 0.3) is 10.8 Å². The molecular weight excluding hydrogens is 420 g/mol. The summed E-state index contributed by atoms with van der Waals surface area (Å²) in [6.07, 6.45) is 0. The van der Waals surface area contributed by atoms with Gasteiger partial charge in [0.15, 0.2) is 0 Å². The van der Waals surface area contributed by atoms with E-state index in [1.807, 2.05) is 0 Å². The van der Waals surface area contributed by atoms with Crippen molar-refractivity contribution in [2.75, 3.05) is 11.5 Å². The van der Waals surface area contributed by atoms with Crippen LogP contribution >= 0.6 is 0 Å². The number of hydrogen-bond acceptors (Lipinski definition) is 8. The normalized spacial score (nSPS) is 12.7. The molecule has 0 aliphatic heterocycles. The molecule has 0 fully saturated rings. The van der Waals surface area contributed by atoms with Crippen molar-refractivity contribution < 1.29 is 25.9 Å². The summed E-state index contributed by atoms with van der Waals surface area (Å²) in [5, 5.41) is 8.27. The fraction of sp³-hybridized carbons (Fsp3) is 0.0588. The maximum atomic E-state index is 11.8. The molecule has 10 nitrogen and oxygen atoms in total. The highest BCUT2D eigenvalue weighted by Gasteiger charge is 2.21. The van der Waals surface area contributed by atoms with Gasteiger partial charge in [0.1, 0.15) is 10.6 Å². The predicted molar refractivity (Wildman–Crippen MR) is 108 cm³/mol. The lowest BCUT2D eigenvalue weighted by Crippen LogP contribution is -2.04. The lowest BCUT2D eigenvalue weighted by molar-refractivity contribution is 0.482. The molecule has 152 valence electrons. The Kier molecular flexibility index (Phi) is 5.04. The number of anilines is 2. The van der Waals surface area contributed by atoms with Gasteiger partial charge in [-0.3, -0.25) is 9.11 Å². The number of hydrogen-bond donors (Lipinski definition) is 4. The molecule has 3 rings (SSSR count). The first-order valence-corrected chi connectivity index (χ1v) is 10.8. The van der Waals surface area contributed by atoms with Gasteiger partial charge >= 0.3 is 0 Å². The van der Waals surface area contributed by atoms with Gasteiger partial charge in [0.05, 0.1) is 16.3 Å². The number of fused-ring (bicyclic) bond motifs is 1. The summed E-state index contributed by atoms with van der Waals surface area (Å²) in [7, 11) is -9.50. The molecule has 3 aromatic rings. The maximum Gasteiger partial charge on any atom is 0.295 e. The van der Waals surface area contributed by atoms with Crippen LogP contribution in [0, 0.1) is 6.92 Å². The van der Waals surface area contributed by atoms with Crippen molar-refractivity contribution in [3.05, 3.63) is 48.0 Å². The molecule has 0 heterocycles. The van der Waals surface area contributed by atoms with Gasteiger partial charge in [-0.05, 0) is 60.3 Å². The topological polar surface area (TPSA) is 186 Å². The van der Waals surface area contributed by atoms with Crippen LogP contribution in [-0.4, -0.2) is 25.9 Å². The number of aryl methyl sites for hydroxylation is 1. The van der Waals surface area contributed by atoms with Gasteiger partial charge in [-0.25, -0.2) is 0 Å². The molecule has 0 radical (unpaired) electrons. The van der Waals surface area contributed by atoms with Crippen LogP contribution in [0.5, 0.6) is 0 Å². The molecular formula is C17H16N4O6S2. The lowest BCUT2D eigenvalue weighted by Gasteiger charge is -2.09. The smallest absolute Gasteiger partial charge is 0.295 e. The van der Waals surface area contributed by atoms with E-state index in [0.29, 0.717) is 28.7 Å². The second-order valence-corrected chi connectivity index (χ2v) is 9.06. The van der Waals surface area contributed by atoms with Crippen LogP contribution in [0.15, 0.2) is 62.5 Å². The molecule has 0 aromatic heterocycles. The van der Waals surface area contributed by atoms with Gasteiger partial charge in [-0.15, -0.1) is 5.11 Å². The molecule has 0 amide bonds. The van der Waals surface area contributed by atoms with E-state index in [4.69, 9.17) is 11.5 Å². The van der Waals surface area contributed by atoms with Crippen molar-refractivity contribution >= 4 is 53.8 Å². The number of nitrogen functional groups attached to an aromatic ring is 2. The van der Waals surface area contributed by atoms with Crippen LogP contribution in [0.3, 0.4) is 0 Å². The van der Waals surface area contributed by atoms with Crippen LogP contribution in [-0.2, 0) is 20.2 Å². The molecule has 6 N–H and O–H groups in total. The zero-order chi connectivity index (χ0) is 21.6. The quantitative estimate of drug-likeness (QED) is 0.272. The first-order valence-electron chi connectivity index (χ1n) is 7.96. The Bertz CT molecular complexity index is 1380. The van der Waals surface area contributed by atoms with Gasteiger partial charge in [0.2, 0.25) is 0 Å². The maximum absolute atomic E-state index is 11.8. The summed E-state index contributed by atoms with van der Waals surface area (Å²) >= 11 is 0. The van der Waals surface area contributed by atoms with Gasteiger partial charge in [-0.1, -0.05) is 0 Å². The van der Waals surface area contributed by atoms with Crippen molar-refractivity contribution in [1.82, 2.24) is 0 Å². The zero-order valence-corrected chi connectivity index (χ0v) is 16.6. The van der Waals surface area contributed by atoms with Crippen molar-refractivity contribution in [2.45, 2.75) is 16.7 Å². The van der Waals surface area contributed by atoms with E-state index in [1.54, 1.807) is 19.1 Å². The summed E-state index contributed by atoms with van der Waals surface area (Å²) in [5.74, 6) is 0. The molecule has 0 aliphatic rings. The second kappa shape index (κ2) is 7.08. The number of azo groups is 1. The Morgan fingerprint density at radius 1 is 0.828 bits per heavy atom. The average molecular weight is 436 g/mol. The molecule has 0 atom stereocenters. The first kappa shape index (κ1) is 20.7. The highest BCUT2D eigenvalue weighted by Crippen LogP contribution is 2.34. The molecule has 0 unspecified atom stereocenters. The molecule has 3 aromatic carbocycles. The summed E-state index contributed by atoms with van der Waals surface area (Å²) in [6.45, 7) is 1.65. The molecule has 0 saturated carbocycles. The average Bonchev–Trinajstić information content (AvgIpc) is 2.58. The standard InChI is InChI=1S/C17H16N4O6S2/c1-9-4-10-5-12(28(22,23)24)7-17(29(25,26)27)13(10)8-16(9)21-20-15-3-2-11(18)6-14(15)19/h2-8H,18-19H2,1H3,(H,22,23,24)(H,25,26,27). The minimum Gasteiger partial charge on any atom is -0.399 e. The van der Waals surface area contributed by atoms with E-state index in [2.05, 4.69) is 10.2 Å². The van der Waals surface area contributed by atoms with Gasteiger partial charge in [-0.2, -0.15) is 21.9 Å². The predicted octanol–water partition coefficient (Wildman–Crippen LogP) is 3.22. The molecule has 0 spiro atoms. The van der Waals surface area contributed by atoms with E-state index < -0.39 is 30.0 Å². The van der Waals surface area contributed by atoms with Gasteiger partial charge < -0.3 is 11.5 Å². The zero-order valence-electron chi connectivity index (χ0n) is 14.9. The lowest BCUT2D eigenvalue weighted by atomic mass is 10.1. The van der Waals surface area contributed by atoms with Crippen molar-refractivity contribution in [1.29, 1.82) is 0 Å². The van der Waals surface area contributed by atoms with E-state index in [9.17, 15) is 25.9 Å². The summed E-state index contributed by atoms with van der Waals surface area (Å²) < 4.78 is 65.2. The largest absolute Gasteiger partial charge is 0.399 e. The molecule has 12 heteroatoms. The van der Waals surface area contributed by atoms with E-state index in [1.165, 1.54) is 18.2 Å². The molecule has 0 aliphatic carbocycles. The molecule has 29 heavy (non-hydrogen) atoms. The fourth-order valence-electron chi connectivity index (χ4n) is 2.70. The Balaban J connectivity index is 2.23. The van der Waals surface area contributed by atoms with Gasteiger partial charge in [0.25, 0.3) is 20.2 Å². The van der Waals surface area contributed by atoms with Crippen molar-refractivity contribution in [3.63, 3.8) is 0 Å². The first-order chi connectivity index (χ1) is 13.4. The SMILES string of the molecule is Cc1cc2cc(S(=O)(=O)O)cc(S(=O)(=O)O)c2cc1N=Nc1ccc(N)cc1N. The number of nitrogens with two attached hydrogens (primary N) is 2. The summed E-state index contributed by atoms with van der Waals surface area (Å²) in [5.41, 5.74) is 13.3. The van der Waals surface area contributed by atoms with Crippen molar-refractivity contribution in [2.24, 2.45) is 10.2 Å². The van der Waals surface area contributed by atoms with Gasteiger partial charge in [0, 0.05) is 11.1 Å². The van der Waals surface area contributed by atoms with Crippen LogP contribution in [0.1, 0.15) is 5.56 Å². The molecule has 0 saturated heterocycles. The monoisotopic (exact) mass is 436 g/mol. The minimum atomic E-state index is -4.80. The van der Waals surface area contributed by atoms with Crippen LogP contribution < -0.4 is 11.5 Å². The second-order valence-electron chi connectivity index (χ2n) is 6.25. The van der Waals surface area contributed by atoms with Crippen LogP contribution in [0.2, 0.25) is 0 Å². The van der Waals surface area contributed by atoms with Crippen molar-refractivity contribution in [3.8, 4) is 0 Å². The number of benzene rings is 3. The highest BCUT2D eigenvalue weighted by molar-refractivity contribution is 7.86. The third-order valence-electron chi connectivity index (χ3n) is 4.10. The minimum absolute atomic E-state index is 0.00438. The number of nitrogens with zero attached hydrogens (tertiary/aromatic N) is 2. The van der Waals surface area contributed by atoms with E-state index in [-0.39, 0.29) is 16.5 Å². The Morgan fingerprint density at radius 3 is 2.07 bits per heavy atom. The van der Waals surface area contributed by atoms with E-state index >= 15 is 0 Å². The summed E-state index contributed by atoms with van der Waals surface area (Å²) in [4.78, 5) is -1.35. The highest BCUT2D eigenvalue weighted by atomic mass is 32.2. The third kappa shape index (κ3) is 4.35. The Labute approximate surface area is 166 Å². The Morgan fingerprint density at radius 2 is 1.48 bits per heavy atom. The summed E-state index contributed by atoms with van der Waals surface area (Å²) in [6, 6.07) is 9.21. The Hall–Kier alpha value is -3.06. The van der Waals surface area contributed by atoms with E-state index in [0.717, 1.165) is 6.07 Å². The fourth-order valence-corrected chi connectivity index (χ4v) is 4.04.